The van der Waals surface area contributed by atoms with Gasteiger partial charge in [-0.3, -0.25) is 9.78 Å². The third kappa shape index (κ3) is 4.47. The van der Waals surface area contributed by atoms with Crippen LogP contribution in [0.4, 0.5) is 5.69 Å². The summed E-state index contributed by atoms with van der Waals surface area (Å²) in [5, 5.41) is 11.7. The monoisotopic (exact) mass is 380 g/mol. The number of rotatable bonds is 5. The molecule has 6 nitrogen and oxygen atoms in total. The van der Waals surface area contributed by atoms with Crippen LogP contribution < -0.4 is 5.32 Å². The van der Waals surface area contributed by atoms with E-state index in [1.54, 1.807) is 36.7 Å². The third-order valence-corrected chi connectivity index (χ3v) is 4.04. The molecule has 24 heavy (non-hydrogen) atoms. The van der Waals surface area contributed by atoms with E-state index < -0.39 is 0 Å². The van der Waals surface area contributed by atoms with Gasteiger partial charge in [0.2, 0.25) is 11.8 Å². The maximum Gasteiger partial charge on any atom is 0.277 e. The summed E-state index contributed by atoms with van der Waals surface area (Å²) < 4.78 is 5.49. The number of nitrogens with one attached hydrogen (secondary N) is 1. The van der Waals surface area contributed by atoms with E-state index in [-0.39, 0.29) is 11.7 Å². The van der Waals surface area contributed by atoms with Gasteiger partial charge in [-0.25, -0.2) is 0 Å². The molecule has 122 valence electrons. The van der Waals surface area contributed by atoms with Gasteiger partial charge in [0.25, 0.3) is 5.22 Å². The Morgan fingerprint density at radius 1 is 1.21 bits per heavy atom. The number of thioether (sulfide) groups is 1. The number of aromatic nitrogens is 3. The molecule has 0 fully saturated rings. The minimum absolute atomic E-state index is 0.110. The number of halogens is 2. The zero-order valence-corrected chi connectivity index (χ0v) is 14.4. The minimum Gasteiger partial charge on any atom is -0.411 e. The van der Waals surface area contributed by atoms with Crippen molar-refractivity contribution in [2.75, 3.05) is 11.1 Å². The van der Waals surface area contributed by atoms with Gasteiger partial charge < -0.3 is 9.73 Å². The fraction of sp³-hybridized carbons (Fsp3) is 0.0667. The highest BCUT2D eigenvalue weighted by Gasteiger charge is 2.11. The molecule has 0 bridgehead atoms. The molecule has 3 rings (SSSR count). The zero-order chi connectivity index (χ0) is 16.9. The molecule has 0 aliphatic carbocycles. The maximum atomic E-state index is 12.0. The SMILES string of the molecule is O=C(CSc1nnc(-c2cccnc2)o1)Nc1cc(Cl)cc(Cl)c1. The summed E-state index contributed by atoms with van der Waals surface area (Å²) in [7, 11) is 0. The first-order valence-electron chi connectivity index (χ1n) is 6.73. The summed E-state index contributed by atoms with van der Waals surface area (Å²) in [6.07, 6.45) is 3.28. The number of amides is 1. The van der Waals surface area contributed by atoms with E-state index in [1.807, 2.05) is 6.07 Å². The average Bonchev–Trinajstić information content (AvgIpc) is 3.02. The average molecular weight is 381 g/mol. The van der Waals surface area contributed by atoms with Gasteiger partial charge in [0.05, 0.1) is 11.3 Å². The van der Waals surface area contributed by atoms with Crippen LogP contribution in [-0.2, 0) is 4.79 Å². The number of hydrogen-bond acceptors (Lipinski definition) is 6. The molecule has 1 aromatic carbocycles. The Balaban J connectivity index is 1.58. The lowest BCUT2D eigenvalue weighted by Gasteiger charge is -2.05. The van der Waals surface area contributed by atoms with Gasteiger partial charge in [-0.05, 0) is 30.3 Å². The van der Waals surface area contributed by atoms with Gasteiger partial charge in [-0.15, -0.1) is 10.2 Å². The molecule has 0 saturated carbocycles. The van der Waals surface area contributed by atoms with Crippen molar-refractivity contribution in [2.24, 2.45) is 0 Å². The van der Waals surface area contributed by atoms with E-state index in [9.17, 15) is 4.79 Å². The summed E-state index contributed by atoms with van der Waals surface area (Å²) in [5.41, 5.74) is 1.24. The van der Waals surface area contributed by atoms with Crippen LogP contribution in [0.1, 0.15) is 0 Å². The Kier molecular flexibility index (Phi) is 5.34. The van der Waals surface area contributed by atoms with E-state index in [1.165, 1.54) is 0 Å². The van der Waals surface area contributed by atoms with Crippen molar-refractivity contribution < 1.29 is 9.21 Å². The second-order valence-electron chi connectivity index (χ2n) is 4.61. The van der Waals surface area contributed by atoms with E-state index >= 15 is 0 Å². The van der Waals surface area contributed by atoms with Gasteiger partial charge in [0, 0.05) is 28.1 Å². The van der Waals surface area contributed by atoms with Crippen molar-refractivity contribution in [3.63, 3.8) is 0 Å². The fourth-order valence-corrected chi connectivity index (χ4v) is 2.91. The molecule has 2 aromatic heterocycles. The molecule has 0 atom stereocenters. The van der Waals surface area contributed by atoms with Crippen LogP contribution in [-0.4, -0.2) is 26.8 Å². The van der Waals surface area contributed by atoms with E-state index in [4.69, 9.17) is 27.6 Å². The minimum atomic E-state index is -0.237. The van der Waals surface area contributed by atoms with Crippen LogP contribution in [0.25, 0.3) is 11.5 Å². The number of pyridine rings is 1. The predicted molar refractivity (Wildman–Crippen MR) is 93.3 cm³/mol. The van der Waals surface area contributed by atoms with Gasteiger partial charge in [0.1, 0.15) is 0 Å². The Bertz CT molecular complexity index is 837. The number of carbonyl (C=O) groups excluding carboxylic acids is 1. The topological polar surface area (TPSA) is 80.9 Å². The molecule has 0 aliphatic heterocycles. The largest absolute Gasteiger partial charge is 0.411 e. The second kappa shape index (κ2) is 7.65. The van der Waals surface area contributed by atoms with Gasteiger partial charge in [-0.1, -0.05) is 35.0 Å². The summed E-state index contributed by atoms with van der Waals surface area (Å²) in [6, 6.07) is 8.40. The molecule has 0 unspecified atom stereocenters. The third-order valence-electron chi connectivity index (χ3n) is 2.79. The number of nitrogens with zero attached hydrogens (tertiary/aromatic N) is 3. The molecule has 1 N–H and O–H groups in total. The van der Waals surface area contributed by atoms with Gasteiger partial charge >= 0.3 is 0 Å². The smallest absolute Gasteiger partial charge is 0.277 e. The molecule has 3 aromatic rings. The van der Waals surface area contributed by atoms with Crippen molar-refractivity contribution in [1.29, 1.82) is 0 Å². The van der Waals surface area contributed by atoms with Crippen LogP contribution in [0.15, 0.2) is 52.4 Å². The Morgan fingerprint density at radius 3 is 2.71 bits per heavy atom. The molecule has 0 saturated heterocycles. The Morgan fingerprint density at radius 2 is 2.00 bits per heavy atom. The van der Waals surface area contributed by atoms with E-state index in [0.717, 1.165) is 17.3 Å². The lowest BCUT2D eigenvalue weighted by atomic mass is 10.3. The van der Waals surface area contributed by atoms with Crippen LogP contribution >= 0.6 is 35.0 Å². The lowest BCUT2D eigenvalue weighted by molar-refractivity contribution is -0.113. The van der Waals surface area contributed by atoms with Gasteiger partial charge in [0.15, 0.2) is 0 Å². The van der Waals surface area contributed by atoms with Crippen LogP contribution in [0.5, 0.6) is 0 Å². The first-order chi connectivity index (χ1) is 11.6. The Hall–Kier alpha value is -2.09. The van der Waals surface area contributed by atoms with Crippen molar-refractivity contribution in [1.82, 2.24) is 15.2 Å². The quantitative estimate of drug-likeness (QED) is 0.668. The first kappa shape index (κ1) is 16.8. The molecule has 2 heterocycles. The van der Waals surface area contributed by atoms with E-state index in [2.05, 4.69) is 20.5 Å². The number of anilines is 1. The van der Waals surface area contributed by atoms with Gasteiger partial charge in [-0.2, -0.15) is 0 Å². The van der Waals surface area contributed by atoms with Crippen LogP contribution in [0, 0.1) is 0 Å². The van der Waals surface area contributed by atoms with Crippen molar-refractivity contribution in [2.45, 2.75) is 5.22 Å². The Labute approximate surface area is 151 Å². The number of hydrogen-bond donors (Lipinski definition) is 1. The standard InChI is InChI=1S/C15H10Cl2N4O2S/c16-10-4-11(17)6-12(5-10)19-13(22)8-24-15-21-20-14(23-15)9-2-1-3-18-7-9/h1-7H,8H2,(H,19,22). The summed E-state index contributed by atoms with van der Waals surface area (Å²) in [4.78, 5) is 16.0. The number of benzene rings is 1. The van der Waals surface area contributed by atoms with Crippen molar-refractivity contribution >= 4 is 46.6 Å². The second-order valence-corrected chi connectivity index (χ2v) is 6.41. The molecule has 0 spiro atoms. The normalized spacial score (nSPS) is 10.6. The summed E-state index contributed by atoms with van der Waals surface area (Å²) in [5.74, 6) is 0.228. The first-order valence-corrected chi connectivity index (χ1v) is 8.47. The predicted octanol–water partition coefficient (Wildman–Crippen LogP) is 4.17. The fourth-order valence-electron chi connectivity index (χ4n) is 1.82. The molecule has 1 amide bonds. The molecular weight excluding hydrogens is 371 g/mol. The number of carbonyl (C=O) groups is 1. The maximum absolute atomic E-state index is 12.0. The molecule has 0 radical (unpaired) electrons. The van der Waals surface area contributed by atoms with Crippen molar-refractivity contribution in [3.05, 3.63) is 52.8 Å². The molecule has 0 aliphatic rings. The van der Waals surface area contributed by atoms with Crippen molar-refractivity contribution in [3.8, 4) is 11.5 Å². The highest BCUT2D eigenvalue weighted by atomic mass is 35.5. The van der Waals surface area contributed by atoms with E-state index in [0.29, 0.717) is 26.8 Å². The zero-order valence-electron chi connectivity index (χ0n) is 12.1. The highest BCUT2D eigenvalue weighted by molar-refractivity contribution is 7.99. The van der Waals surface area contributed by atoms with Crippen LogP contribution in [0.2, 0.25) is 10.0 Å². The lowest BCUT2D eigenvalue weighted by Crippen LogP contribution is -2.13. The van der Waals surface area contributed by atoms with Crippen LogP contribution in [0.3, 0.4) is 0 Å². The molecule has 9 heteroatoms. The molecular formula is C15H10Cl2N4O2S. The summed E-state index contributed by atoms with van der Waals surface area (Å²) in [6.45, 7) is 0. The summed E-state index contributed by atoms with van der Waals surface area (Å²) >= 11 is 12.9. The highest BCUT2D eigenvalue weighted by Crippen LogP contribution is 2.24.